The van der Waals surface area contributed by atoms with Gasteiger partial charge < -0.3 is 20.1 Å². The zero-order valence-corrected chi connectivity index (χ0v) is 21.5. The molecular formula is C25H33N5O5S. The van der Waals surface area contributed by atoms with Crippen LogP contribution in [0.2, 0.25) is 0 Å². The molecule has 1 spiro atoms. The predicted molar refractivity (Wildman–Crippen MR) is 134 cm³/mol. The zero-order chi connectivity index (χ0) is 25.5. The van der Waals surface area contributed by atoms with Gasteiger partial charge >= 0.3 is 5.97 Å². The highest BCUT2D eigenvalue weighted by Gasteiger charge is 2.77. The van der Waals surface area contributed by atoms with E-state index in [1.54, 1.807) is 28.3 Å². The molecular weight excluding hydrogens is 482 g/mol. The second kappa shape index (κ2) is 9.66. The summed E-state index contributed by atoms with van der Waals surface area (Å²) in [6.45, 7) is 4.69. The first-order valence-corrected chi connectivity index (χ1v) is 13.5. The molecule has 4 heterocycles. The van der Waals surface area contributed by atoms with Gasteiger partial charge in [0.25, 0.3) is 0 Å². The Hall–Kier alpha value is -2.66. The molecule has 5 atom stereocenters. The number of thioether (sulfide) groups is 1. The molecule has 0 aliphatic carbocycles. The minimum absolute atomic E-state index is 0.0927. The molecule has 10 nitrogen and oxygen atoms in total. The standard InChI is InChI=1S/C25H33N5O5S/c1-3-35-23(34)19-18-22(33)29(13-7-4-8-14-31)20(25(18)12-11-24(19,2)36-25)21(32)26-15-30-17-10-6-5-9-16(17)27-28-30/h5-6,9-10,18-20,31H,3-4,7-8,11-15H2,1-2H3,(H,26,32)/t18-,19+,20?,24-,25?/m0/s1. The van der Waals surface area contributed by atoms with E-state index in [2.05, 4.69) is 15.6 Å². The van der Waals surface area contributed by atoms with Crippen LogP contribution in [0.3, 0.4) is 0 Å². The normalized spacial score (nSPS) is 30.7. The second-order valence-corrected chi connectivity index (χ2v) is 12.0. The van der Waals surface area contributed by atoms with E-state index in [9.17, 15) is 14.4 Å². The summed E-state index contributed by atoms with van der Waals surface area (Å²) in [5, 5.41) is 20.5. The van der Waals surface area contributed by atoms with E-state index in [0.29, 0.717) is 25.8 Å². The number of aliphatic hydroxyl groups excluding tert-OH is 1. The van der Waals surface area contributed by atoms with Crippen LogP contribution in [0.15, 0.2) is 24.3 Å². The molecule has 0 radical (unpaired) electrons. The first-order chi connectivity index (χ1) is 17.4. The number of fused-ring (bicyclic) bond motifs is 2. The Morgan fingerprint density at radius 3 is 2.83 bits per heavy atom. The molecule has 0 saturated carbocycles. The van der Waals surface area contributed by atoms with Crippen molar-refractivity contribution in [2.45, 2.75) is 68.2 Å². The maximum atomic E-state index is 13.9. The summed E-state index contributed by atoms with van der Waals surface area (Å²) in [6, 6.07) is 6.83. The number of para-hydroxylation sites is 1. The Kier molecular flexibility index (Phi) is 6.71. The number of carbonyl (C=O) groups is 3. The molecule has 2 aromatic rings. The smallest absolute Gasteiger partial charge is 0.311 e. The number of carbonyl (C=O) groups excluding carboxylic acids is 3. The summed E-state index contributed by atoms with van der Waals surface area (Å²) in [6.07, 6.45) is 3.52. The topological polar surface area (TPSA) is 127 Å². The van der Waals surface area contributed by atoms with Crippen LogP contribution in [-0.2, 0) is 25.8 Å². The molecule has 1 aromatic carbocycles. The van der Waals surface area contributed by atoms with Gasteiger partial charge in [-0.3, -0.25) is 14.4 Å². The Morgan fingerprint density at radius 2 is 2.06 bits per heavy atom. The molecule has 3 saturated heterocycles. The number of aromatic nitrogens is 3. The van der Waals surface area contributed by atoms with E-state index in [4.69, 9.17) is 9.84 Å². The minimum Gasteiger partial charge on any atom is -0.466 e. The third-order valence-electron chi connectivity index (χ3n) is 7.95. The highest BCUT2D eigenvalue weighted by Crippen LogP contribution is 2.71. The van der Waals surface area contributed by atoms with Gasteiger partial charge in [-0.05, 0) is 58.1 Å². The first kappa shape index (κ1) is 25.0. The summed E-state index contributed by atoms with van der Waals surface area (Å²) in [4.78, 5) is 42.4. The third-order valence-corrected chi connectivity index (χ3v) is 9.93. The van der Waals surface area contributed by atoms with Gasteiger partial charge in [-0.1, -0.05) is 17.3 Å². The SMILES string of the molecule is CCOC(=O)[C@H]1[C@H]2C(=O)N(CCCCCO)C(C(=O)NCn3nnc4ccccc43)C23CC[C@]1(C)S3. The Labute approximate surface area is 214 Å². The lowest BCUT2D eigenvalue weighted by atomic mass is 9.66. The number of amides is 2. The lowest BCUT2D eigenvalue weighted by Crippen LogP contribution is -2.53. The van der Waals surface area contributed by atoms with Crippen LogP contribution in [0.1, 0.15) is 46.0 Å². The summed E-state index contributed by atoms with van der Waals surface area (Å²) in [5.74, 6) is -1.88. The van der Waals surface area contributed by atoms with Crippen molar-refractivity contribution in [3.05, 3.63) is 24.3 Å². The van der Waals surface area contributed by atoms with Crippen molar-refractivity contribution in [3.8, 4) is 0 Å². The van der Waals surface area contributed by atoms with E-state index >= 15 is 0 Å². The highest BCUT2D eigenvalue weighted by atomic mass is 32.2. The van der Waals surface area contributed by atoms with Crippen molar-refractivity contribution in [2.24, 2.45) is 11.8 Å². The van der Waals surface area contributed by atoms with Crippen LogP contribution in [0.25, 0.3) is 11.0 Å². The van der Waals surface area contributed by atoms with Crippen LogP contribution in [0, 0.1) is 11.8 Å². The Morgan fingerprint density at radius 1 is 1.25 bits per heavy atom. The van der Waals surface area contributed by atoms with E-state index in [-0.39, 0.29) is 37.7 Å². The zero-order valence-electron chi connectivity index (χ0n) is 20.7. The molecule has 11 heteroatoms. The highest BCUT2D eigenvalue weighted by molar-refractivity contribution is 8.02. The molecule has 36 heavy (non-hydrogen) atoms. The molecule has 2 unspecified atom stereocenters. The molecule has 2 bridgehead atoms. The van der Waals surface area contributed by atoms with Crippen LogP contribution in [0.5, 0.6) is 0 Å². The Bertz CT molecular complexity index is 1170. The van der Waals surface area contributed by atoms with Gasteiger partial charge in [0.15, 0.2) is 0 Å². The van der Waals surface area contributed by atoms with Crippen molar-refractivity contribution in [1.82, 2.24) is 25.2 Å². The number of esters is 1. The molecule has 3 fully saturated rings. The fraction of sp³-hybridized carbons (Fsp3) is 0.640. The molecule has 3 aliphatic rings. The number of unbranched alkanes of at least 4 members (excludes halogenated alkanes) is 2. The number of rotatable bonds is 10. The number of nitrogens with one attached hydrogen (secondary N) is 1. The fourth-order valence-electron chi connectivity index (χ4n) is 6.41. The summed E-state index contributed by atoms with van der Waals surface area (Å²) >= 11 is 1.63. The summed E-state index contributed by atoms with van der Waals surface area (Å²) < 4.78 is 5.93. The maximum Gasteiger partial charge on any atom is 0.311 e. The van der Waals surface area contributed by atoms with Gasteiger partial charge in [0.05, 0.1) is 28.7 Å². The van der Waals surface area contributed by atoms with Crippen molar-refractivity contribution in [3.63, 3.8) is 0 Å². The van der Waals surface area contributed by atoms with Crippen LogP contribution in [-0.4, -0.2) is 78.1 Å². The second-order valence-electron chi connectivity index (χ2n) is 10.1. The van der Waals surface area contributed by atoms with Crippen molar-refractivity contribution < 1.29 is 24.2 Å². The van der Waals surface area contributed by atoms with E-state index in [1.807, 2.05) is 31.2 Å². The van der Waals surface area contributed by atoms with Crippen LogP contribution < -0.4 is 5.32 Å². The van der Waals surface area contributed by atoms with Crippen molar-refractivity contribution >= 4 is 40.6 Å². The number of likely N-dealkylation sites (tertiary alicyclic amines) is 1. The van der Waals surface area contributed by atoms with Crippen LogP contribution in [0.4, 0.5) is 0 Å². The average molecular weight is 516 g/mol. The molecule has 1 aromatic heterocycles. The van der Waals surface area contributed by atoms with Gasteiger partial charge in [-0.2, -0.15) is 0 Å². The number of ether oxygens (including phenoxy) is 1. The molecule has 2 amide bonds. The monoisotopic (exact) mass is 515 g/mol. The lowest BCUT2D eigenvalue weighted by Gasteiger charge is -2.34. The fourth-order valence-corrected chi connectivity index (χ4v) is 8.76. The van der Waals surface area contributed by atoms with Gasteiger partial charge in [-0.15, -0.1) is 16.9 Å². The number of benzene rings is 1. The van der Waals surface area contributed by atoms with E-state index in [1.165, 1.54) is 0 Å². The third kappa shape index (κ3) is 3.87. The van der Waals surface area contributed by atoms with E-state index in [0.717, 1.165) is 23.9 Å². The van der Waals surface area contributed by atoms with Gasteiger partial charge in [0.2, 0.25) is 11.8 Å². The lowest BCUT2D eigenvalue weighted by molar-refractivity contribution is -0.155. The average Bonchev–Trinajstić information content (AvgIpc) is 3.56. The van der Waals surface area contributed by atoms with Crippen LogP contribution >= 0.6 is 11.8 Å². The van der Waals surface area contributed by atoms with Crippen molar-refractivity contribution in [1.29, 1.82) is 0 Å². The molecule has 5 rings (SSSR count). The summed E-state index contributed by atoms with van der Waals surface area (Å²) in [7, 11) is 0. The molecule has 194 valence electrons. The summed E-state index contributed by atoms with van der Waals surface area (Å²) in [5.41, 5.74) is 1.55. The predicted octanol–water partition coefficient (Wildman–Crippen LogP) is 1.71. The van der Waals surface area contributed by atoms with Crippen molar-refractivity contribution in [2.75, 3.05) is 19.8 Å². The first-order valence-electron chi connectivity index (χ1n) is 12.7. The number of aliphatic hydroxyl groups is 1. The van der Waals surface area contributed by atoms with Gasteiger partial charge in [0.1, 0.15) is 18.2 Å². The number of nitrogens with zero attached hydrogens (tertiary/aromatic N) is 4. The largest absolute Gasteiger partial charge is 0.466 e. The van der Waals surface area contributed by atoms with Gasteiger partial charge in [-0.25, -0.2) is 4.68 Å². The number of hydrogen-bond donors (Lipinski definition) is 2. The number of hydrogen-bond acceptors (Lipinski definition) is 8. The van der Waals surface area contributed by atoms with Gasteiger partial charge in [0, 0.05) is 17.9 Å². The Balaban J connectivity index is 1.43. The quantitative estimate of drug-likeness (QED) is 0.362. The molecule has 2 N–H and O–H groups in total. The maximum absolute atomic E-state index is 13.9. The minimum atomic E-state index is -0.690. The van der Waals surface area contributed by atoms with E-state index < -0.39 is 27.4 Å². The molecule has 3 aliphatic heterocycles.